The van der Waals surface area contributed by atoms with Crippen LogP contribution in [0.2, 0.25) is 0 Å². The Bertz CT molecular complexity index is 917. The predicted octanol–water partition coefficient (Wildman–Crippen LogP) is 3.74. The lowest BCUT2D eigenvalue weighted by Gasteiger charge is -2.12. The molecule has 0 atom stereocenters. The highest BCUT2D eigenvalue weighted by Gasteiger charge is 2.29. The molecule has 0 radical (unpaired) electrons. The Labute approximate surface area is 159 Å². The lowest BCUT2D eigenvalue weighted by atomic mass is 10.1. The van der Waals surface area contributed by atoms with Crippen molar-refractivity contribution < 1.29 is 4.79 Å². The number of pyridine rings is 2. The van der Waals surface area contributed by atoms with Gasteiger partial charge in [-0.2, -0.15) is 0 Å². The summed E-state index contributed by atoms with van der Waals surface area (Å²) < 4.78 is 2.24. The van der Waals surface area contributed by atoms with E-state index in [9.17, 15) is 4.79 Å². The second kappa shape index (κ2) is 7.87. The molecule has 1 aliphatic carbocycles. The molecule has 1 N–H and O–H groups in total. The molecular formula is C20H23ClN4O. The molecule has 6 heteroatoms. The molecule has 1 saturated carbocycles. The Morgan fingerprint density at radius 1 is 1.23 bits per heavy atom. The van der Waals surface area contributed by atoms with Crippen LogP contribution in [0.4, 0.5) is 0 Å². The second-order valence-electron chi connectivity index (χ2n) is 6.65. The first-order valence-electron chi connectivity index (χ1n) is 8.88. The third kappa shape index (κ3) is 3.73. The third-order valence-corrected chi connectivity index (χ3v) is 4.74. The monoisotopic (exact) mass is 370 g/mol. The molecule has 136 valence electrons. The van der Waals surface area contributed by atoms with Crippen LogP contribution in [-0.2, 0) is 11.3 Å². The van der Waals surface area contributed by atoms with Crippen LogP contribution in [0.25, 0.3) is 22.3 Å². The molecule has 0 saturated heterocycles. The van der Waals surface area contributed by atoms with Crippen molar-refractivity contribution in [2.75, 3.05) is 6.54 Å². The smallest absolute Gasteiger partial charge is 0.223 e. The molecule has 0 aliphatic heterocycles. The van der Waals surface area contributed by atoms with Crippen LogP contribution in [-0.4, -0.2) is 27.0 Å². The maximum atomic E-state index is 11.8. The first-order valence-corrected chi connectivity index (χ1v) is 8.88. The van der Waals surface area contributed by atoms with Gasteiger partial charge in [-0.25, -0.2) is 4.98 Å². The molecule has 3 aromatic rings. The molecule has 0 unspecified atom stereocenters. The van der Waals surface area contributed by atoms with Gasteiger partial charge >= 0.3 is 0 Å². The summed E-state index contributed by atoms with van der Waals surface area (Å²) in [5.74, 6) is 0.474. The van der Waals surface area contributed by atoms with Gasteiger partial charge in [-0.05, 0) is 56.5 Å². The number of aromatic nitrogens is 3. The van der Waals surface area contributed by atoms with E-state index in [1.54, 1.807) is 0 Å². The van der Waals surface area contributed by atoms with Gasteiger partial charge in [0.1, 0.15) is 5.65 Å². The zero-order valence-corrected chi connectivity index (χ0v) is 15.6. The molecule has 1 aliphatic rings. The van der Waals surface area contributed by atoms with E-state index in [1.807, 2.05) is 31.5 Å². The molecule has 0 bridgehead atoms. The number of amides is 1. The number of halogens is 1. The zero-order chi connectivity index (χ0) is 17.2. The fourth-order valence-corrected chi connectivity index (χ4v) is 3.23. The molecule has 1 amide bonds. The van der Waals surface area contributed by atoms with Crippen LogP contribution < -0.4 is 5.32 Å². The summed E-state index contributed by atoms with van der Waals surface area (Å²) in [4.78, 5) is 20.8. The summed E-state index contributed by atoms with van der Waals surface area (Å²) in [5.41, 5.74) is 4.25. The van der Waals surface area contributed by atoms with Gasteiger partial charge in [0, 0.05) is 48.0 Å². The summed E-state index contributed by atoms with van der Waals surface area (Å²) in [6, 6.07) is 10.3. The van der Waals surface area contributed by atoms with E-state index in [0.717, 1.165) is 53.8 Å². The van der Waals surface area contributed by atoms with Crippen molar-refractivity contribution >= 4 is 29.3 Å². The summed E-state index contributed by atoms with van der Waals surface area (Å²) >= 11 is 0. The minimum absolute atomic E-state index is 0. The van der Waals surface area contributed by atoms with Gasteiger partial charge in [0.25, 0.3) is 0 Å². The molecular weight excluding hydrogens is 348 g/mol. The topological polar surface area (TPSA) is 59.8 Å². The fraction of sp³-hybridized carbons (Fsp3) is 0.350. The van der Waals surface area contributed by atoms with Gasteiger partial charge < -0.3 is 9.88 Å². The maximum absolute atomic E-state index is 11.8. The minimum atomic E-state index is 0. The molecule has 1 fully saturated rings. The number of hydrogen-bond acceptors (Lipinski definition) is 3. The van der Waals surface area contributed by atoms with Crippen molar-refractivity contribution in [3.8, 4) is 11.3 Å². The Kier molecular flexibility index (Phi) is 5.57. The van der Waals surface area contributed by atoms with E-state index in [4.69, 9.17) is 0 Å². The quantitative estimate of drug-likeness (QED) is 0.672. The average molecular weight is 371 g/mol. The number of nitrogens with one attached hydrogen (secondary N) is 1. The molecule has 0 spiro atoms. The van der Waals surface area contributed by atoms with Crippen molar-refractivity contribution in [3.05, 3.63) is 48.4 Å². The number of fused-ring (bicyclic) bond motifs is 1. The van der Waals surface area contributed by atoms with Crippen molar-refractivity contribution in [1.82, 2.24) is 19.9 Å². The van der Waals surface area contributed by atoms with Crippen molar-refractivity contribution in [3.63, 3.8) is 0 Å². The third-order valence-electron chi connectivity index (χ3n) is 4.74. The normalized spacial score (nSPS) is 13.4. The van der Waals surface area contributed by atoms with E-state index in [-0.39, 0.29) is 24.2 Å². The van der Waals surface area contributed by atoms with Gasteiger partial charge in [0.15, 0.2) is 0 Å². The lowest BCUT2D eigenvalue weighted by molar-refractivity contribution is -0.122. The maximum Gasteiger partial charge on any atom is 0.223 e. The molecule has 0 aromatic carbocycles. The number of rotatable bonds is 6. The van der Waals surface area contributed by atoms with E-state index < -0.39 is 0 Å². The molecule has 4 rings (SSSR count). The Balaban J connectivity index is 0.00000196. The van der Waals surface area contributed by atoms with Gasteiger partial charge in [0.2, 0.25) is 5.91 Å². The van der Waals surface area contributed by atoms with Gasteiger partial charge in [0.05, 0.1) is 5.69 Å². The Hall–Kier alpha value is -2.40. The SMILES string of the molecule is Cc1ncccc1-c1cc2cccnc2n1CCCNC(=O)C1CC1.Cl. The predicted molar refractivity (Wildman–Crippen MR) is 105 cm³/mol. The second-order valence-corrected chi connectivity index (χ2v) is 6.65. The standard InChI is InChI=1S/C20H22N4O.ClH/c1-14-17(6-3-9-21-14)18-13-16-5-2-10-22-19(16)24(18)12-4-11-23-20(25)15-7-8-15;/h2-3,5-6,9-10,13,15H,4,7-8,11-12H2,1H3,(H,23,25);1H. The molecule has 3 heterocycles. The molecule has 3 aromatic heterocycles. The van der Waals surface area contributed by atoms with Crippen LogP contribution in [0, 0.1) is 12.8 Å². The van der Waals surface area contributed by atoms with Crippen LogP contribution in [0.3, 0.4) is 0 Å². The number of aryl methyl sites for hydroxylation is 2. The van der Waals surface area contributed by atoms with Gasteiger partial charge in [-0.3, -0.25) is 9.78 Å². The highest BCUT2D eigenvalue weighted by molar-refractivity contribution is 5.85. The van der Waals surface area contributed by atoms with Crippen LogP contribution in [0.15, 0.2) is 42.7 Å². The first-order chi connectivity index (χ1) is 12.2. The van der Waals surface area contributed by atoms with Crippen molar-refractivity contribution in [2.45, 2.75) is 32.7 Å². The van der Waals surface area contributed by atoms with Crippen molar-refractivity contribution in [1.29, 1.82) is 0 Å². The highest BCUT2D eigenvalue weighted by atomic mass is 35.5. The van der Waals surface area contributed by atoms with E-state index in [2.05, 4.69) is 38.1 Å². The Morgan fingerprint density at radius 2 is 2.00 bits per heavy atom. The summed E-state index contributed by atoms with van der Waals surface area (Å²) in [5, 5.41) is 4.17. The van der Waals surface area contributed by atoms with Crippen molar-refractivity contribution in [2.24, 2.45) is 5.92 Å². The minimum Gasteiger partial charge on any atom is -0.356 e. The number of carbonyl (C=O) groups excluding carboxylic acids is 1. The lowest BCUT2D eigenvalue weighted by Crippen LogP contribution is -2.26. The van der Waals surface area contributed by atoms with Crippen LogP contribution >= 0.6 is 12.4 Å². The van der Waals surface area contributed by atoms with Crippen LogP contribution in [0.5, 0.6) is 0 Å². The summed E-state index contributed by atoms with van der Waals surface area (Å²) in [6.45, 7) is 3.54. The number of carbonyl (C=O) groups is 1. The van der Waals surface area contributed by atoms with Gasteiger partial charge in [-0.15, -0.1) is 12.4 Å². The largest absolute Gasteiger partial charge is 0.356 e. The number of hydrogen-bond donors (Lipinski definition) is 1. The average Bonchev–Trinajstić information content (AvgIpc) is 3.41. The van der Waals surface area contributed by atoms with Crippen LogP contribution in [0.1, 0.15) is 25.0 Å². The van der Waals surface area contributed by atoms with E-state index in [0.29, 0.717) is 6.54 Å². The summed E-state index contributed by atoms with van der Waals surface area (Å²) in [6.07, 6.45) is 6.61. The van der Waals surface area contributed by atoms with E-state index in [1.165, 1.54) is 0 Å². The Morgan fingerprint density at radius 3 is 2.77 bits per heavy atom. The van der Waals surface area contributed by atoms with E-state index >= 15 is 0 Å². The molecule has 26 heavy (non-hydrogen) atoms. The highest BCUT2D eigenvalue weighted by Crippen LogP contribution is 2.29. The summed E-state index contributed by atoms with van der Waals surface area (Å²) in [7, 11) is 0. The number of nitrogens with zero attached hydrogens (tertiary/aromatic N) is 3. The first kappa shape index (κ1) is 18.4. The van der Waals surface area contributed by atoms with Gasteiger partial charge in [-0.1, -0.05) is 0 Å². The zero-order valence-electron chi connectivity index (χ0n) is 14.8. The fourth-order valence-electron chi connectivity index (χ4n) is 3.23. The molecule has 5 nitrogen and oxygen atoms in total.